The summed E-state index contributed by atoms with van der Waals surface area (Å²) in [6.45, 7) is 2.83. The van der Waals surface area contributed by atoms with E-state index in [1.807, 2.05) is 26.2 Å². The Balaban J connectivity index is 2.04. The normalized spacial score (nSPS) is 17.5. The Bertz CT molecular complexity index is 520. The molecule has 0 radical (unpaired) electrons. The van der Waals surface area contributed by atoms with Gasteiger partial charge in [-0.1, -0.05) is 37.0 Å². The second kappa shape index (κ2) is 7.25. The van der Waals surface area contributed by atoms with Crippen LogP contribution in [0.25, 0.3) is 0 Å². The summed E-state index contributed by atoms with van der Waals surface area (Å²) in [7, 11) is 4.03. The first kappa shape index (κ1) is 17.0. The molecule has 4 nitrogen and oxygen atoms in total. The molecule has 4 heteroatoms. The molecule has 0 aromatic heterocycles. The summed E-state index contributed by atoms with van der Waals surface area (Å²) in [5, 5.41) is 13.5. The number of carbonyl (C=O) groups is 1. The number of aliphatic hydroxyl groups is 1. The Kier molecular flexibility index (Phi) is 5.59. The van der Waals surface area contributed by atoms with Gasteiger partial charge in [0, 0.05) is 12.2 Å². The lowest BCUT2D eigenvalue weighted by Crippen LogP contribution is -2.36. The minimum Gasteiger partial charge on any atom is -0.389 e. The fraction of sp³-hybridized carbons (Fsp3) is 0.611. The van der Waals surface area contributed by atoms with Crippen LogP contribution < -0.4 is 5.32 Å². The molecule has 1 fully saturated rings. The van der Waals surface area contributed by atoms with Crippen LogP contribution in [-0.2, 0) is 11.3 Å². The monoisotopic (exact) mass is 304 g/mol. The van der Waals surface area contributed by atoms with Gasteiger partial charge in [0.15, 0.2) is 0 Å². The van der Waals surface area contributed by atoms with Crippen LogP contribution in [0.2, 0.25) is 0 Å². The fourth-order valence-electron chi connectivity index (χ4n) is 3.20. The molecule has 1 aromatic carbocycles. The summed E-state index contributed by atoms with van der Waals surface area (Å²) in [6.07, 6.45) is 4.86. The summed E-state index contributed by atoms with van der Waals surface area (Å²) in [4.78, 5) is 14.4. The molecule has 122 valence electrons. The predicted octanol–water partition coefficient (Wildman–Crippen LogP) is 3.08. The number of benzene rings is 1. The van der Waals surface area contributed by atoms with Crippen LogP contribution in [0.3, 0.4) is 0 Å². The lowest BCUT2D eigenvalue weighted by Gasteiger charge is -2.31. The molecule has 2 rings (SSSR count). The highest BCUT2D eigenvalue weighted by atomic mass is 16.3. The Morgan fingerprint density at radius 2 is 1.95 bits per heavy atom. The molecule has 0 saturated heterocycles. The minimum absolute atomic E-state index is 0.0896. The van der Waals surface area contributed by atoms with Crippen molar-refractivity contribution in [3.8, 4) is 0 Å². The van der Waals surface area contributed by atoms with Crippen LogP contribution in [0.1, 0.15) is 49.7 Å². The van der Waals surface area contributed by atoms with Crippen molar-refractivity contribution in [3.63, 3.8) is 0 Å². The Morgan fingerprint density at radius 3 is 2.59 bits per heavy atom. The molecule has 0 spiro atoms. The van der Waals surface area contributed by atoms with E-state index in [-0.39, 0.29) is 12.3 Å². The Morgan fingerprint density at radius 1 is 1.27 bits per heavy atom. The third-order valence-corrected chi connectivity index (χ3v) is 4.30. The average molecular weight is 304 g/mol. The van der Waals surface area contributed by atoms with Gasteiger partial charge in [-0.3, -0.25) is 4.79 Å². The zero-order valence-electron chi connectivity index (χ0n) is 14.0. The molecule has 2 N–H and O–H groups in total. The van der Waals surface area contributed by atoms with E-state index in [9.17, 15) is 9.90 Å². The first-order chi connectivity index (χ1) is 10.4. The first-order valence-corrected chi connectivity index (χ1v) is 8.14. The third kappa shape index (κ3) is 4.82. The van der Waals surface area contributed by atoms with Gasteiger partial charge in [-0.05, 0) is 45.5 Å². The quantitative estimate of drug-likeness (QED) is 0.879. The highest BCUT2D eigenvalue weighted by molar-refractivity contribution is 5.92. The van der Waals surface area contributed by atoms with Crippen molar-refractivity contribution >= 4 is 11.6 Å². The molecule has 1 saturated carbocycles. The van der Waals surface area contributed by atoms with E-state index in [2.05, 4.69) is 23.2 Å². The van der Waals surface area contributed by atoms with Gasteiger partial charge in [0.05, 0.1) is 12.0 Å². The average Bonchev–Trinajstić information content (AvgIpc) is 2.41. The molecule has 0 atom stereocenters. The SMILES string of the molecule is Cc1ccc(NC(=O)CC2(O)CCCCC2)c(CN(C)C)c1. The van der Waals surface area contributed by atoms with Gasteiger partial charge in [0.2, 0.25) is 5.91 Å². The minimum atomic E-state index is -0.811. The summed E-state index contributed by atoms with van der Waals surface area (Å²) in [6, 6.07) is 6.06. The molecule has 0 aliphatic heterocycles. The zero-order chi connectivity index (χ0) is 16.2. The summed E-state index contributed by atoms with van der Waals surface area (Å²) in [5.74, 6) is -0.0896. The van der Waals surface area contributed by atoms with Gasteiger partial charge >= 0.3 is 0 Å². The van der Waals surface area contributed by atoms with E-state index in [1.165, 1.54) is 5.56 Å². The van der Waals surface area contributed by atoms with Crippen molar-refractivity contribution < 1.29 is 9.90 Å². The molecule has 1 amide bonds. The van der Waals surface area contributed by atoms with Crippen molar-refractivity contribution in [2.45, 2.75) is 57.6 Å². The van der Waals surface area contributed by atoms with Crippen LogP contribution in [0.15, 0.2) is 18.2 Å². The first-order valence-electron chi connectivity index (χ1n) is 8.14. The van der Waals surface area contributed by atoms with Gasteiger partial charge in [0.25, 0.3) is 0 Å². The van der Waals surface area contributed by atoms with E-state index in [1.54, 1.807) is 0 Å². The van der Waals surface area contributed by atoms with E-state index in [0.717, 1.165) is 49.9 Å². The van der Waals surface area contributed by atoms with Crippen LogP contribution in [0.4, 0.5) is 5.69 Å². The molecule has 1 aliphatic rings. The highest BCUT2D eigenvalue weighted by Crippen LogP contribution is 2.31. The van der Waals surface area contributed by atoms with Crippen LogP contribution >= 0.6 is 0 Å². The molecular weight excluding hydrogens is 276 g/mol. The van der Waals surface area contributed by atoms with Gasteiger partial charge in [-0.25, -0.2) is 0 Å². The molecule has 1 aliphatic carbocycles. The molecule has 0 unspecified atom stereocenters. The Hall–Kier alpha value is -1.39. The topological polar surface area (TPSA) is 52.6 Å². The van der Waals surface area contributed by atoms with Gasteiger partial charge in [0.1, 0.15) is 0 Å². The van der Waals surface area contributed by atoms with Gasteiger partial charge < -0.3 is 15.3 Å². The molecule has 0 heterocycles. The number of aryl methyl sites for hydroxylation is 1. The summed E-state index contributed by atoms with van der Waals surface area (Å²) in [5.41, 5.74) is 2.33. The molecule has 0 bridgehead atoms. The second-order valence-electron chi connectivity index (χ2n) is 6.91. The van der Waals surface area contributed by atoms with Crippen molar-refractivity contribution in [2.24, 2.45) is 0 Å². The van der Waals surface area contributed by atoms with Crippen LogP contribution in [0.5, 0.6) is 0 Å². The van der Waals surface area contributed by atoms with E-state index in [0.29, 0.717) is 0 Å². The molecule has 1 aromatic rings. The maximum atomic E-state index is 12.3. The largest absolute Gasteiger partial charge is 0.389 e. The number of nitrogens with zero attached hydrogens (tertiary/aromatic N) is 1. The maximum Gasteiger partial charge on any atom is 0.227 e. The fourth-order valence-corrected chi connectivity index (χ4v) is 3.20. The number of amides is 1. The van der Waals surface area contributed by atoms with E-state index >= 15 is 0 Å². The number of hydrogen-bond acceptors (Lipinski definition) is 3. The molecule has 22 heavy (non-hydrogen) atoms. The predicted molar refractivity (Wildman–Crippen MR) is 89.9 cm³/mol. The zero-order valence-corrected chi connectivity index (χ0v) is 14.0. The number of anilines is 1. The smallest absolute Gasteiger partial charge is 0.227 e. The van der Waals surface area contributed by atoms with Crippen molar-refractivity contribution in [3.05, 3.63) is 29.3 Å². The third-order valence-electron chi connectivity index (χ3n) is 4.30. The van der Waals surface area contributed by atoms with Crippen molar-refractivity contribution in [2.75, 3.05) is 19.4 Å². The number of rotatable bonds is 5. The second-order valence-corrected chi connectivity index (χ2v) is 6.91. The molecular formula is C18H28N2O2. The lowest BCUT2D eigenvalue weighted by molar-refractivity contribution is -0.122. The van der Waals surface area contributed by atoms with Gasteiger partial charge in [-0.2, -0.15) is 0 Å². The van der Waals surface area contributed by atoms with Gasteiger partial charge in [-0.15, -0.1) is 0 Å². The number of nitrogens with one attached hydrogen (secondary N) is 1. The number of hydrogen-bond donors (Lipinski definition) is 2. The van der Waals surface area contributed by atoms with E-state index < -0.39 is 5.60 Å². The number of carbonyl (C=O) groups excluding carboxylic acids is 1. The van der Waals surface area contributed by atoms with Crippen molar-refractivity contribution in [1.29, 1.82) is 0 Å². The highest BCUT2D eigenvalue weighted by Gasteiger charge is 2.31. The Labute approximate surface area is 133 Å². The van der Waals surface area contributed by atoms with Crippen LogP contribution in [0, 0.1) is 6.92 Å². The maximum absolute atomic E-state index is 12.3. The lowest BCUT2D eigenvalue weighted by atomic mass is 9.82. The summed E-state index contributed by atoms with van der Waals surface area (Å²) < 4.78 is 0. The van der Waals surface area contributed by atoms with Crippen LogP contribution in [-0.4, -0.2) is 35.6 Å². The standard InChI is InChI=1S/C18H28N2O2/c1-14-7-8-16(15(11-14)13-20(2)3)19-17(21)12-18(22)9-5-4-6-10-18/h7-8,11,22H,4-6,9-10,12-13H2,1-3H3,(H,19,21). The van der Waals surface area contributed by atoms with E-state index in [4.69, 9.17) is 0 Å². The van der Waals surface area contributed by atoms with Crippen molar-refractivity contribution in [1.82, 2.24) is 4.90 Å². The summed E-state index contributed by atoms with van der Waals surface area (Å²) >= 11 is 0.